The van der Waals surface area contributed by atoms with Crippen molar-refractivity contribution < 1.29 is 0 Å². The van der Waals surface area contributed by atoms with E-state index in [1.54, 1.807) is 0 Å². The molecule has 0 radical (unpaired) electrons. The van der Waals surface area contributed by atoms with Crippen molar-refractivity contribution in [2.24, 2.45) is 0 Å². The average molecular weight is 386 g/mol. The van der Waals surface area contributed by atoms with E-state index in [0.29, 0.717) is 5.92 Å². The van der Waals surface area contributed by atoms with E-state index < -0.39 is 0 Å². The Morgan fingerprint density at radius 1 is 1.12 bits per heavy atom. The van der Waals surface area contributed by atoms with Crippen molar-refractivity contribution in [3.63, 3.8) is 0 Å². The molecule has 3 aromatic heterocycles. The summed E-state index contributed by atoms with van der Waals surface area (Å²) in [7, 11) is 0. The zero-order valence-corrected chi connectivity index (χ0v) is 16.1. The molecule has 0 atom stereocenters. The first-order valence-corrected chi connectivity index (χ1v) is 9.52. The van der Waals surface area contributed by atoms with Crippen LogP contribution in [0.4, 0.5) is 0 Å². The van der Waals surface area contributed by atoms with Gasteiger partial charge in [-0.1, -0.05) is 6.07 Å². The fraction of sp³-hybridized carbons (Fsp3) is 0.316. The minimum Gasteiger partial charge on any atom is -0.317 e. The van der Waals surface area contributed by atoms with Gasteiger partial charge in [0.1, 0.15) is 0 Å². The van der Waals surface area contributed by atoms with Gasteiger partial charge in [0.2, 0.25) is 0 Å². The van der Waals surface area contributed by atoms with Crippen molar-refractivity contribution in [2.75, 3.05) is 13.1 Å². The number of aromatic nitrogens is 4. The molecule has 4 heterocycles. The zero-order valence-electron chi connectivity index (χ0n) is 14.5. The highest BCUT2D eigenvalue weighted by atomic mass is 35.5. The first kappa shape index (κ1) is 17.4. The SMILES string of the molecule is Cc1cn2nc(-c3ccc4nc(C5CCNCC5)sc4c3)ccc2n1.Cl. The summed E-state index contributed by atoms with van der Waals surface area (Å²) in [4.78, 5) is 9.32. The molecule has 26 heavy (non-hydrogen) atoms. The number of rotatable bonds is 2. The quantitative estimate of drug-likeness (QED) is 0.561. The fourth-order valence-electron chi connectivity index (χ4n) is 3.50. The number of piperidine rings is 1. The molecule has 0 unspecified atom stereocenters. The van der Waals surface area contributed by atoms with E-state index in [1.165, 1.54) is 22.5 Å². The van der Waals surface area contributed by atoms with E-state index in [4.69, 9.17) is 10.1 Å². The Kier molecular flexibility index (Phi) is 4.65. The van der Waals surface area contributed by atoms with Crippen LogP contribution in [0.1, 0.15) is 29.5 Å². The summed E-state index contributed by atoms with van der Waals surface area (Å²) in [6.45, 7) is 4.18. The Morgan fingerprint density at radius 2 is 1.96 bits per heavy atom. The lowest BCUT2D eigenvalue weighted by atomic mass is 9.99. The molecule has 7 heteroatoms. The molecule has 0 spiro atoms. The van der Waals surface area contributed by atoms with Crippen LogP contribution < -0.4 is 5.32 Å². The van der Waals surface area contributed by atoms with Crippen LogP contribution in [0.2, 0.25) is 0 Å². The number of nitrogens with zero attached hydrogens (tertiary/aromatic N) is 4. The molecule has 1 aliphatic rings. The molecular formula is C19H20ClN5S. The summed E-state index contributed by atoms with van der Waals surface area (Å²) in [5.74, 6) is 0.602. The third-order valence-electron chi connectivity index (χ3n) is 4.83. The Labute approximate surface area is 161 Å². The van der Waals surface area contributed by atoms with Crippen molar-refractivity contribution in [3.8, 4) is 11.3 Å². The minimum atomic E-state index is 0. The molecule has 5 rings (SSSR count). The van der Waals surface area contributed by atoms with Crippen LogP contribution in [0.15, 0.2) is 36.5 Å². The molecular weight excluding hydrogens is 366 g/mol. The van der Waals surface area contributed by atoms with Crippen LogP contribution >= 0.6 is 23.7 Å². The second-order valence-corrected chi connectivity index (χ2v) is 7.72. The number of thiazole rings is 1. The number of imidazole rings is 1. The fourth-order valence-corrected chi connectivity index (χ4v) is 4.68. The topological polar surface area (TPSA) is 55.1 Å². The van der Waals surface area contributed by atoms with E-state index in [9.17, 15) is 0 Å². The van der Waals surface area contributed by atoms with E-state index in [2.05, 4.69) is 28.5 Å². The molecule has 1 fully saturated rings. The standard InChI is InChI=1S/C19H19N5S.ClH/c1-12-11-24-18(21-12)5-4-15(23-24)14-2-3-16-17(10-14)25-19(22-16)13-6-8-20-9-7-13;/h2-5,10-11,13,20H,6-9H2,1H3;1H. The summed E-state index contributed by atoms with van der Waals surface area (Å²) in [6.07, 6.45) is 4.33. The van der Waals surface area contributed by atoms with Gasteiger partial charge < -0.3 is 5.32 Å². The molecule has 0 amide bonds. The second-order valence-electron chi connectivity index (χ2n) is 6.66. The van der Waals surface area contributed by atoms with Gasteiger partial charge >= 0.3 is 0 Å². The minimum absolute atomic E-state index is 0. The first-order valence-electron chi connectivity index (χ1n) is 8.71. The highest BCUT2D eigenvalue weighted by Gasteiger charge is 2.19. The summed E-state index contributed by atoms with van der Waals surface area (Å²) in [5, 5.41) is 9.41. The summed E-state index contributed by atoms with van der Waals surface area (Å²) in [6, 6.07) is 10.5. The Morgan fingerprint density at radius 3 is 2.81 bits per heavy atom. The monoisotopic (exact) mass is 385 g/mol. The van der Waals surface area contributed by atoms with E-state index in [0.717, 1.165) is 41.2 Å². The van der Waals surface area contributed by atoms with Crippen LogP contribution in [-0.4, -0.2) is 32.7 Å². The Hall–Kier alpha value is -2.02. The number of hydrogen-bond donors (Lipinski definition) is 1. The van der Waals surface area contributed by atoms with Crippen molar-refractivity contribution in [1.29, 1.82) is 0 Å². The van der Waals surface area contributed by atoms with Crippen LogP contribution in [0.25, 0.3) is 27.1 Å². The molecule has 0 saturated carbocycles. The van der Waals surface area contributed by atoms with Crippen molar-refractivity contribution in [3.05, 3.63) is 47.2 Å². The lowest BCUT2D eigenvalue weighted by molar-refractivity contribution is 0.459. The van der Waals surface area contributed by atoms with Gasteiger partial charge in [-0.15, -0.1) is 23.7 Å². The zero-order chi connectivity index (χ0) is 16.8. The Balaban J connectivity index is 0.00000168. The number of benzene rings is 1. The molecule has 0 aliphatic carbocycles. The van der Waals surface area contributed by atoms with E-state index in [1.807, 2.05) is 41.1 Å². The van der Waals surface area contributed by atoms with Gasteiger partial charge in [-0.3, -0.25) is 0 Å². The maximum absolute atomic E-state index is 4.88. The van der Waals surface area contributed by atoms with Crippen LogP contribution in [0, 0.1) is 6.92 Å². The highest BCUT2D eigenvalue weighted by Crippen LogP contribution is 2.34. The number of nitrogens with one attached hydrogen (secondary N) is 1. The van der Waals surface area contributed by atoms with Gasteiger partial charge in [0, 0.05) is 11.5 Å². The van der Waals surface area contributed by atoms with Gasteiger partial charge in [-0.05, 0) is 57.1 Å². The normalized spacial score (nSPS) is 15.4. The summed E-state index contributed by atoms with van der Waals surface area (Å²) < 4.78 is 3.09. The maximum Gasteiger partial charge on any atom is 0.153 e. The van der Waals surface area contributed by atoms with Crippen molar-refractivity contribution >= 4 is 39.6 Å². The third kappa shape index (κ3) is 3.09. The third-order valence-corrected chi connectivity index (χ3v) is 6.01. The largest absolute Gasteiger partial charge is 0.317 e. The average Bonchev–Trinajstić information content (AvgIpc) is 3.23. The van der Waals surface area contributed by atoms with Gasteiger partial charge in [0.15, 0.2) is 5.65 Å². The number of hydrogen-bond acceptors (Lipinski definition) is 5. The maximum atomic E-state index is 4.88. The summed E-state index contributed by atoms with van der Waals surface area (Å²) in [5.41, 5.74) is 5.05. The van der Waals surface area contributed by atoms with Crippen LogP contribution in [0.3, 0.4) is 0 Å². The molecule has 1 aromatic carbocycles. The van der Waals surface area contributed by atoms with Crippen molar-refractivity contribution in [1.82, 2.24) is 24.9 Å². The predicted molar refractivity (Wildman–Crippen MR) is 108 cm³/mol. The van der Waals surface area contributed by atoms with Crippen LogP contribution in [-0.2, 0) is 0 Å². The number of fused-ring (bicyclic) bond motifs is 2. The highest BCUT2D eigenvalue weighted by molar-refractivity contribution is 7.18. The van der Waals surface area contributed by atoms with Gasteiger partial charge in [-0.2, -0.15) is 5.10 Å². The van der Waals surface area contributed by atoms with E-state index in [-0.39, 0.29) is 12.4 Å². The lowest BCUT2D eigenvalue weighted by Gasteiger charge is -2.20. The van der Waals surface area contributed by atoms with Gasteiger partial charge in [-0.25, -0.2) is 14.5 Å². The number of halogens is 1. The first-order chi connectivity index (χ1) is 12.3. The second kappa shape index (κ2) is 6.95. The summed E-state index contributed by atoms with van der Waals surface area (Å²) >= 11 is 1.83. The molecule has 5 nitrogen and oxygen atoms in total. The Bertz CT molecular complexity index is 1060. The number of aryl methyl sites for hydroxylation is 1. The smallest absolute Gasteiger partial charge is 0.153 e. The van der Waals surface area contributed by atoms with E-state index >= 15 is 0 Å². The van der Waals surface area contributed by atoms with Gasteiger partial charge in [0.25, 0.3) is 0 Å². The predicted octanol–water partition coefficient (Wildman–Crippen LogP) is 4.20. The molecule has 1 N–H and O–H groups in total. The molecule has 134 valence electrons. The molecule has 1 saturated heterocycles. The molecule has 4 aromatic rings. The van der Waals surface area contributed by atoms with Gasteiger partial charge in [0.05, 0.1) is 32.8 Å². The molecule has 1 aliphatic heterocycles. The molecule has 0 bridgehead atoms. The van der Waals surface area contributed by atoms with Crippen LogP contribution in [0.5, 0.6) is 0 Å². The lowest BCUT2D eigenvalue weighted by Crippen LogP contribution is -2.26. The van der Waals surface area contributed by atoms with Crippen molar-refractivity contribution in [2.45, 2.75) is 25.7 Å².